The van der Waals surface area contributed by atoms with Gasteiger partial charge in [-0.15, -0.1) is 0 Å². The lowest BCUT2D eigenvalue weighted by atomic mass is 10.3. The van der Waals surface area contributed by atoms with E-state index in [4.69, 9.17) is 0 Å². The first-order valence-electron chi connectivity index (χ1n) is 7.70. The summed E-state index contributed by atoms with van der Waals surface area (Å²) in [6, 6.07) is 11.0. The fourth-order valence-electron chi connectivity index (χ4n) is 2.45. The van der Waals surface area contributed by atoms with Gasteiger partial charge in [0.2, 0.25) is 0 Å². The SMILES string of the molecule is O=C(NCc1ccc(-n2ccnc2)nc1)Nn1cnc2ccccc21. The summed E-state index contributed by atoms with van der Waals surface area (Å²) in [6.07, 6.45) is 8.50. The molecule has 0 bridgehead atoms. The maximum Gasteiger partial charge on any atom is 0.334 e. The van der Waals surface area contributed by atoms with E-state index in [0.29, 0.717) is 6.54 Å². The monoisotopic (exact) mass is 333 g/mol. The molecule has 0 spiro atoms. The van der Waals surface area contributed by atoms with Crippen LogP contribution in [0.1, 0.15) is 5.56 Å². The number of para-hydroxylation sites is 2. The molecule has 0 saturated carbocycles. The second-order valence-corrected chi connectivity index (χ2v) is 5.39. The number of nitrogens with zero attached hydrogens (tertiary/aromatic N) is 5. The van der Waals surface area contributed by atoms with Crippen molar-refractivity contribution in [2.75, 3.05) is 5.43 Å². The first-order valence-corrected chi connectivity index (χ1v) is 7.70. The molecule has 25 heavy (non-hydrogen) atoms. The Morgan fingerprint density at radius 1 is 1.08 bits per heavy atom. The van der Waals surface area contributed by atoms with Gasteiger partial charge in [-0.3, -0.25) is 4.57 Å². The number of carbonyl (C=O) groups is 1. The Bertz CT molecular complexity index is 989. The minimum absolute atomic E-state index is 0.318. The van der Waals surface area contributed by atoms with Crippen molar-refractivity contribution >= 4 is 17.1 Å². The number of imidazole rings is 2. The maximum atomic E-state index is 12.1. The third-order valence-corrected chi connectivity index (χ3v) is 3.71. The lowest BCUT2D eigenvalue weighted by molar-refractivity contribution is 0.249. The minimum atomic E-state index is -0.318. The molecule has 0 aliphatic carbocycles. The molecule has 3 heterocycles. The topological polar surface area (TPSA) is 89.7 Å². The first kappa shape index (κ1) is 14.9. The van der Waals surface area contributed by atoms with Crippen LogP contribution in [0.3, 0.4) is 0 Å². The van der Waals surface area contributed by atoms with Crippen LogP contribution in [-0.2, 0) is 6.54 Å². The molecule has 0 atom stereocenters. The summed E-state index contributed by atoms with van der Waals surface area (Å²) < 4.78 is 3.40. The fourth-order valence-corrected chi connectivity index (χ4v) is 2.45. The van der Waals surface area contributed by atoms with Crippen molar-refractivity contribution in [3.63, 3.8) is 0 Å². The zero-order chi connectivity index (χ0) is 17.1. The van der Waals surface area contributed by atoms with Crippen LogP contribution in [0.4, 0.5) is 4.79 Å². The molecule has 0 unspecified atom stereocenters. The van der Waals surface area contributed by atoms with Gasteiger partial charge in [0.15, 0.2) is 0 Å². The Balaban J connectivity index is 1.37. The number of urea groups is 1. The van der Waals surface area contributed by atoms with Crippen molar-refractivity contribution in [1.29, 1.82) is 0 Å². The van der Waals surface area contributed by atoms with Crippen LogP contribution < -0.4 is 10.7 Å². The van der Waals surface area contributed by atoms with Crippen molar-refractivity contribution in [3.8, 4) is 5.82 Å². The Morgan fingerprint density at radius 3 is 2.80 bits per heavy atom. The molecule has 0 aliphatic heterocycles. The van der Waals surface area contributed by atoms with Crippen molar-refractivity contribution in [2.45, 2.75) is 6.54 Å². The second-order valence-electron chi connectivity index (χ2n) is 5.39. The third kappa shape index (κ3) is 3.18. The van der Waals surface area contributed by atoms with Crippen molar-refractivity contribution in [2.24, 2.45) is 0 Å². The van der Waals surface area contributed by atoms with E-state index in [9.17, 15) is 4.79 Å². The molecule has 0 radical (unpaired) electrons. The van der Waals surface area contributed by atoms with E-state index < -0.39 is 0 Å². The quantitative estimate of drug-likeness (QED) is 0.598. The second kappa shape index (κ2) is 6.44. The number of aromatic nitrogens is 5. The Hall–Kier alpha value is -3.68. The molecule has 2 amide bonds. The number of hydrogen-bond acceptors (Lipinski definition) is 4. The number of rotatable bonds is 4. The Morgan fingerprint density at radius 2 is 2.00 bits per heavy atom. The summed E-state index contributed by atoms with van der Waals surface area (Å²) in [7, 11) is 0. The van der Waals surface area contributed by atoms with Gasteiger partial charge in [0.25, 0.3) is 0 Å². The zero-order valence-electron chi connectivity index (χ0n) is 13.2. The molecule has 124 valence electrons. The van der Waals surface area contributed by atoms with Gasteiger partial charge in [-0.1, -0.05) is 18.2 Å². The summed E-state index contributed by atoms with van der Waals surface area (Å²) >= 11 is 0. The van der Waals surface area contributed by atoms with E-state index in [2.05, 4.69) is 25.7 Å². The molecular weight excluding hydrogens is 318 g/mol. The summed E-state index contributed by atoms with van der Waals surface area (Å²) in [5.41, 5.74) is 5.30. The van der Waals surface area contributed by atoms with E-state index in [0.717, 1.165) is 22.4 Å². The predicted molar refractivity (Wildman–Crippen MR) is 92.7 cm³/mol. The van der Waals surface area contributed by atoms with E-state index in [1.165, 1.54) is 0 Å². The summed E-state index contributed by atoms with van der Waals surface area (Å²) in [6.45, 7) is 0.371. The minimum Gasteiger partial charge on any atom is -0.333 e. The number of amides is 2. The number of hydrogen-bond donors (Lipinski definition) is 2. The normalized spacial score (nSPS) is 10.7. The summed E-state index contributed by atoms with van der Waals surface area (Å²) in [5, 5.41) is 2.80. The molecule has 1 aromatic carbocycles. The lowest BCUT2D eigenvalue weighted by Gasteiger charge is -2.09. The molecule has 8 heteroatoms. The van der Waals surface area contributed by atoms with Crippen molar-refractivity contribution < 1.29 is 4.79 Å². The molecule has 0 fully saturated rings. The molecule has 8 nitrogen and oxygen atoms in total. The smallest absolute Gasteiger partial charge is 0.333 e. The lowest BCUT2D eigenvalue weighted by Crippen LogP contribution is -2.33. The zero-order valence-corrected chi connectivity index (χ0v) is 13.2. The highest BCUT2D eigenvalue weighted by Gasteiger charge is 2.06. The van der Waals surface area contributed by atoms with Crippen molar-refractivity contribution in [1.82, 2.24) is 29.5 Å². The van der Waals surface area contributed by atoms with Gasteiger partial charge in [0, 0.05) is 25.1 Å². The van der Waals surface area contributed by atoms with Crippen LogP contribution >= 0.6 is 0 Å². The molecule has 0 saturated heterocycles. The highest BCUT2D eigenvalue weighted by Crippen LogP contribution is 2.10. The van der Waals surface area contributed by atoms with Gasteiger partial charge in [-0.05, 0) is 23.8 Å². The van der Waals surface area contributed by atoms with E-state index >= 15 is 0 Å². The highest BCUT2D eigenvalue weighted by molar-refractivity contribution is 5.85. The molecule has 0 aliphatic rings. The average Bonchev–Trinajstić information content (AvgIpc) is 3.31. The van der Waals surface area contributed by atoms with Crippen LogP contribution in [0.2, 0.25) is 0 Å². The molecule has 4 rings (SSSR count). The number of fused-ring (bicyclic) bond motifs is 1. The highest BCUT2D eigenvalue weighted by atomic mass is 16.2. The molecule has 2 N–H and O–H groups in total. The largest absolute Gasteiger partial charge is 0.334 e. The maximum absolute atomic E-state index is 12.1. The van der Waals surface area contributed by atoms with Gasteiger partial charge in [-0.25, -0.2) is 29.8 Å². The summed E-state index contributed by atoms with van der Waals surface area (Å²) in [5.74, 6) is 0.774. The fraction of sp³-hybridized carbons (Fsp3) is 0.0588. The Labute approximate surface area is 143 Å². The van der Waals surface area contributed by atoms with E-state index in [-0.39, 0.29) is 6.03 Å². The first-order chi connectivity index (χ1) is 12.3. The van der Waals surface area contributed by atoms with E-state index in [1.807, 2.05) is 47.2 Å². The van der Waals surface area contributed by atoms with Gasteiger partial charge in [-0.2, -0.15) is 0 Å². The number of nitrogens with one attached hydrogen (secondary N) is 2. The molecule has 4 aromatic rings. The molecule has 3 aromatic heterocycles. The van der Waals surface area contributed by atoms with Gasteiger partial charge in [0.05, 0.1) is 11.0 Å². The van der Waals surface area contributed by atoms with Crippen LogP contribution in [0.25, 0.3) is 16.9 Å². The van der Waals surface area contributed by atoms with Crippen LogP contribution in [-0.4, -0.2) is 30.2 Å². The molecular formula is C17H15N7O. The summed E-state index contributed by atoms with van der Waals surface area (Å²) in [4.78, 5) is 24.6. The van der Waals surface area contributed by atoms with Crippen molar-refractivity contribution in [3.05, 3.63) is 73.2 Å². The number of carbonyl (C=O) groups excluding carboxylic acids is 1. The van der Waals surface area contributed by atoms with Gasteiger partial charge in [0.1, 0.15) is 18.5 Å². The Kier molecular flexibility index (Phi) is 3.83. The number of pyridine rings is 1. The van der Waals surface area contributed by atoms with Gasteiger partial charge < -0.3 is 5.32 Å². The standard InChI is InChI=1S/C17H15N7O/c25-17(22-24-12-21-14-3-1-2-4-15(14)24)20-10-13-5-6-16(19-9-13)23-8-7-18-11-23/h1-9,11-12H,10H2,(H2,20,22,25). The van der Waals surface area contributed by atoms with Crippen LogP contribution in [0.5, 0.6) is 0 Å². The van der Waals surface area contributed by atoms with Gasteiger partial charge >= 0.3 is 6.03 Å². The third-order valence-electron chi connectivity index (χ3n) is 3.71. The predicted octanol–water partition coefficient (Wildman–Crippen LogP) is 2.07. The number of benzene rings is 1. The van der Waals surface area contributed by atoms with Crippen LogP contribution in [0, 0.1) is 0 Å². The van der Waals surface area contributed by atoms with E-state index in [1.54, 1.807) is 29.7 Å². The van der Waals surface area contributed by atoms with Crippen LogP contribution in [0.15, 0.2) is 67.6 Å². The average molecular weight is 333 g/mol.